The summed E-state index contributed by atoms with van der Waals surface area (Å²) in [7, 11) is 1.53. The van der Waals surface area contributed by atoms with Gasteiger partial charge in [-0.2, -0.15) is 0 Å². The lowest BCUT2D eigenvalue weighted by Crippen LogP contribution is -2.38. The van der Waals surface area contributed by atoms with E-state index < -0.39 is 18.1 Å². The summed E-state index contributed by atoms with van der Waals surface area (Å²) in [5.74, 6) is -0.850. The molecule has 3 heterocycles. The molecule has 33 heavy (non-hydrogen) atoms. The first kappa shape index (κ1) is 21.9. The summed E-state index contributed by atoms with van der Waals surface area (Å²) >= 11 is 0. The quantitative estimate of drug-likeness (QED) is 0.641. The van der Waals surface area contributed by atoms with Gasteiger partial charge in [0.25, 0.3) is 5.91 Å². The van der Waals surface area contributed by atoms with E-state index in [0.29, 0.717) is 22.6 Å². The largest absolute Gasteiger partial charge is 0.423 e. The normalized spacial score (nSPS) is 15.2. The lowest BCUT2D eigenvalue weighted by atomic mass is 10.1. The molecule has 1 N–H and O–H groups in total. The number of pyridine rings is 2. The Morgan fingerprint density at radius 3 is 2.67 bits per heavy atom. The average molecular weight is 449 g/mol. The summed E-state index contributed by atoms with van der Waals surface area (Å²) in [6.07, 6.45) is 3.06. The lowest BCUT2D eigenvalue weighted by molar-refractivity contribution is -0.134. The first-order chi connectivity index (χ1) is 15.8. The third kappa shape index (κ3) is 4.64. The number of amides is 3. The minimum absolute atomic E-state index is 0.0978. The van der Waals surface area contributed by atoms with E-state index in [-0.39, 0.29) is 23.9 Å². The highest BCUT2D eigenvalue weighted by atomic mass is 19.1. The van der Waals surface area contributed by atoms with Crippen LogP contribution in [0.3, 0.4) is 0 Å². The molecule has 1 aromatic carbocycles. The number of nitrogens with one attached hydrogen (secondary N) is 1. The molecule has 3 aromatic rings. The van der Waals surface area contributed by atoms with Crippen LogP contribution in [0.5, 0.6) is 0 Å². The van der Waals surface area contributed by atoms with Gasteiger partial charge < -0.3 is 15.0 Å². The summed E-state index contributed by atoms with van der Waals surface area (Å²) in [6.45, 7) is 1.47. The van der Waals surface area contributed by atoms with Crippen LogP contribution in [0.4, 0.5) is 20.7 Å². The fourth-order valence-electron chi connectivity index (χ4n) is 3.28. The van der Waals surface area contributed by atoms with Gasteiger partial charge in [-0.3, -0.25) is 19.5 Å². The molecule has 2 aromatic heterocycles. The molecule has 1 atom stereocenters. The standard InChI is InChI=1S/C23H20FN5O4/c1-14(30)28(2)21-13-29(23(32)33-21)17-6-7-18(19(24)10-17)15-5-8-20(26-12-15)27-22(31)16-4-3-9-25-11-16/h3-12,21H,13H2,1-2H3,(H,26,27,31)/t21-/m0/s1. The van der Waals surface area contributed by atoms with Crippen LogP contribution in [-0.2, 0) is 9.53 Å². The molecule has 1 fully saturated rings. The van der Waals surface area contributed by atoms with Gasteiger partial charge in [0.2, 0.25) is 5.91 Å². The van der Waals surface area contributed by atoms with Crippen molar-refractivity contribution < 1.29 is 23.5 Å². The SMILES string of the molecule is CC(=O)N(C)[C@@H]1CN(c2ccc(-c3ccc(NC(=O)c4cccnc4)nc3)c(F)c2)C(=O)O1. The van der Waals surface area contributed by atoms with Crippen molar-refractivity contribution in [3.05, 3.63) is 72.4 Å². The van der Waals surface area contributed by atoms with Crippen molar-refractivity contribution in [2.24, 2.45) is 0 Å². The van der Waals surface area contributed by atoms with Crippen LogP contribution in [0.2, 0.25) is 0 Å². The van der Waals surface area contributed by atoms with E-state index in [1.165, 1.54) is 48.3 Å². The number of carbonyl (C=O) groups excluding carboxylic acids is 3. The molecule has 10 heteroatoms. The molecule has 0 radical (unpaired) electrons. The van der Waals surface area contributed by atoms with E-state index >= 15 is 0 Å². The van der Waals surface area contributed by atoms with Crippen molar-refractivity contribution in [3.8, 4) is 11.1 Å². The number of halogens is 1. The maximum atomic E-state index is 14.9. The molecular formula is C23H20FN5O4. The predicted molar refractivity (Wildman–Crippen MR) is 118 cm³/mol. The molecule has 0 bridgehead atoms. The number of benzene rings is 1. The molecule has 0 spiro atoms. The number of cyclic esters (lactones) is 1. The maximum Gasteiger partial charge on any atom is 0.416 e. The third-order valence-corrected chi connectivity index (χ3v) is 5.23. The monoisotopic (exact) mass is 449 g/mol. The predicted octanol–water partition coefficient (Wildman–Crippen LogP) is 3.30. The number of carbonyl (C=O) groups is 3. The maximum absolute atomic E-state index is 14.9. The number of hydrogen-bond donors (Lipinski definition) is 1. The summed E-state index contributed by atoms with van der Waals surface area (Å²) in [4.78, 5) is 46.6. The smallest absolute Gasteiger partial charge is 0.416 e. The number of aromatic nitrogens is 2. The van der Waals surface area contributed by atoms with E-state index in [0.717, 1.165) is 0 Å². The highest BCUT2D eigenvalue weighted by molar-refractivity contribution is 6.03. The molecule has 1 aliphatic heterocycles. The van der Waals surface area contributed by atoms with Crippen molar-refractivity contribution >= 4 is 29.4 Å². The van der Waals surface area contributed by atoms with Crippen LogP contribution in [0, 0.1) is 5.82 Å². The first-order valence-electron chi connectivity index (χ1n) is 10.0. The van der Waals surface area contributed by atoms with Gasteiger partial charge in [-0.1, -0.05) is 0 Å². The van der Waals surface area contributed by atoms with Crippen LogP contribution in [0.25, 0.3) is 11.1 Å². The molecule has 9 nitrogen and oxygen atoms in total. The zero-order chi connectivity index (χ0) is 23.5. The Hall–Kier alpha value is -4.34. The summed E-state index contributed by atoms with van der Waals surface area (Å²) in [5, 5.41) is 2.65. The van der Waals surface area contributed by atoms with Crippen LogP contribution in [-0.4, -0.2) is 52.6 Å². The van der Waals surface area contributed by atoms with E-state index in [2.05, 4.69) is 15.3 Å². The second-order valence-corrected chi connectivity index (χ2v) is 7.37. The van der Waals surface area contributed by atoms with E-state index in [1.807, 2.05) is 0 Å². The number of likely N-dealkylation sites (N-methyl/N-ethyl adjacent to an activating group) is 1. The van der Waals surface area contributed by atoms with Gasteiger partial charge in [-0.25, -0.2) is 14.2 Å². The summed E-state index contributed by atoms with van der Waals surface area (Å²) in [6, 6.07) is 10.8. The van der Waals surface area contributed by atoms with E-state index in [1.54, 1.807) is 36.5 Å². The number of ether oxygens (including phenoxy) is 1. The fourth-order valence-corrected chi connectivity index (χ4v) is 3.28. The van der Waals surface area contributed by atoms with Crippen molar-refractivity contribution in [1.29, 1.82) is 0 Å². The molecule has 0 saturated carbocycles. The lowest BCUT2D eigenvalue weighted by Gasteiger charge is -2.20. The van der Waals surface area contributed by atoms with E-state index in [4.69, 9.17) is 4.74 Å². The second-order valence-electron chi connectivity index (χ2n) is 7.37. The molecular weight excluding hydrogens is 429 g/mol. The summed E-state index contributed by atoms with van der Waals surface area (Å²) < 4.78 is 20.1. The van der Waals surface area contributed by atoms with Gasteiger partial charge in [-0.15, -0.1) is 0 Å². The van der Waals surface area contributed by atoms with Crippen molar-refractivity contribution in [1.82, 2.24) is 14.9 Å². The molecule has 3 amide bonds. The van der Waals surface area contributed by atoms with Crippen LogP contribution >= 0.6 is 0 Å². The molecule has 168 valence electrons. The number of rotatable bonds is 5. The van der Waals surface area contributed by atoms with Crippen LogP contribution in [0.1, 0.15) is 17.3 Å². The van der Waals surface area contributed by atoms with Gasteiger partial charge in [-0.05, 0) is 42.5 Å². The zero-order valence-electron chi connectivity index (χ0n) is 17.9. The average Bonchev–Trinajstić information content (AvgIpc) is 3.21. The molecule has 0 unspecified atom stereocenters. The van der Waals surface area contributed by atoms with Gasteiger partial charge >= 0.3 is 6.09 Å². The van der Waals surface area contributed by atoms with Crippen molar-refractivity contribution in [2.45, 2.75) is 13.2 Å². The van der Waals surface area contributed by atoms with Gasteiger partial charge in [0, 0.05) is 43.7 Å². The minimum Gasteiger partial charge on any atom is -0.423 e. The van der Waals surface area contributed by atoms with Gasteiger partial charge in [0.1, 0.15) is 11.6 Å². The van der Waals surface area contributed by atoms with Crippen LogP contribution in [0.15, 0.2) is 61.1 Å². The Morgan fingerprint density at radius 2 is 2.03 bits per heavy atom. The Morgan fingerprint density at radius 1 is 1.21 bits per heavy atom. The Labute approximate surface area is 188 Å². The fraction of sp³-hybridized carbons (Fsp3) is 0.174. The van der Waals surface area contributed by atoms with Crippen molar-refractivity contribution in [2.75, 3.05) is 23.8 Å². The van der Waals surface area contributed by atoms with Gasteiger partial charge in [0.05, 0.1) is 17.8 Å². The molecule has 0 aliphatic carbocycles. The number of anilines is 2. The second kappa shape index (κ2) is 9.03. The molecule has 4 rings (SSSR count). The molecule has 1 saturated heterocycles. The topological polar surface area (TPSA) is 105 Å². The minimum atomic E-state index is -0.739. The van der Waals surface area contributed by atoms with E-state index in [9.17, 15) is 18.8 Å². The highest BCUT2D eigenvalue weighted by Gasteiger charge is 2.36. The Kier molecular flexibility index (Phi) is 5.99. The molecule has 1 aliphatic rings. The first-order valence-corrected chi connectivity index (χ1v) is 10.0. The highest BCUT2D eigenvalue weighted by Crippen LogP contribution is 2.29. The van der Waals surface area contributed by atoms with Crippen molar-refractivity contribution in [3.63, 3.8) is 0 Å². The summed E-state index contributed by atoms with van der Waals surface area (Å²) in [5.41, 5.74) is 1.48. The third-order valence-electron chi connectivity index (χ3n) is 5.23. The van der Waals surface area contributed by atoms with Gasteiger partial charge in [0.15, 0.2) is 6.23 Å². The van der Waals surface area contributed by atoms with Crippen LogP contribution < -0.4 is 10.2 Å². The Balaban J connectivity index is 1.48. The zero-order valence-corrected chi connectivity index (χ0v) is 17.9. The number of hydrogen-bond acceptors (Lipinski definition) is 6. The number of nitrogens with zero attached hydrogens (tertiary/aromatic N) is 4. The Bertz CT molecular complexity index is 1200.